The summed E-state index contributed by atoms with van der Waals surface area (Å²) in [5.41, 5.74) is 8.20. The van der Waals surface area contributed by atoms with Crippen LogP contribution in [-0.4, -0.2) is 110 Å². The number of aromatic nitrogens is 4. The molecule has 1 fully saturated rings. The molecule has 8 rings (SSSR count). The third-order valence-electron chi connectivity index (χ3n) is 12.8. The minimum absolute atomic E-state index is 0.0131. The average Bonchev–Trinajstić information content (AvgIpc) is 4.13. The van der Waals surface area contributed by atoms with Crippen molar-refractivity contribution in [3.05, 3.63) is 123 Å². The molecule has 6 aromatic rings. The predicted octanol–water partition coefficient (Wildman–Crippen LogP) is 7.60. The number of hydrogen-bond acceptors (Lipinski definition) is 14. The number of aliphatic imine (C=N–C) groups is 1. The number of fused-ring (bicyclic) bond motifs is 3. The zero-order valence-corrected chi connectivity index (χ0v) is 44.1. The molecule has 3 aromatic heterocycles. The first-order chi connectivity index (χ1) is 35.0. The Kier molecular flexibility index (Phi) is 16.5. The van der Waals surface area contributed by atoms with E-state index in [1.807, 2.05) is 112 Å². The van der Waals surface area contributed by atoms with Gasteiger partial charge in [0.15, 0.2) is 5.82 Å². The zero-order valence-electron chi connectivity index (χ0n) is 42.5. The van der Waals surface area contributed by atoms with Crippen molar-refractivity contribution in [1.29, 1.82) is 0 Å². The number of nitrogens with one attached hydrogen (secondary N) is 3. The fourth-order valence-corrected chi connectivity index (χ4v) is 11.0. The third kappa shape index (κ3) is 12.4. The summed E-state index contributed by atoms with van der Waals surface area (Å²) < 4.78 is 20.4. The first-order valence-corrected chi connectivity index (χ1v) is 26.1. The van der Waals surface area contributed by atoms with Crippen molar-refractivity contribution in [1.82, 2.24) is 35.3 Å². The van der Waals surface area contributed by atoms with Gasteiger partial charge in [-0.2, -0.15) is 0 Å². The topological polar surface area (TPSA) is 211 Å². The summed E-state index contributed by atoms with van der Waals surface area (Å²) >= 11 is 3.19. The highest BCUT2D eigenvalue weighted by Crippen LogP contribution is 2.40. The molecule has 5 heterocycles. The number of aryl methyl sites for hydroxylation is 3. The van der Waals surface area contributed by atoms with Gasteiger partial charge in [0.1, 0.15) is 47.1 Å². The number of benzene rings is 3. The minimum Gasteiger partial charge on any atom is -0.494 e. The largest absolute Gasteiger partial charge is 0.494 e. The van der Waals surface area contributed by atoms with Gasteiger partial charge in [-0.05, 0) is 86.7 Å². The van der Waals surface area contributed by atoms with Crippen LogP contribution in [0.5, 0.6) is 11.5 Å². The van der Waals surface area contributed by atoms with Crippen molar-refractivity contribution in [2.24, 2.45) is 10.4 Å². The molecule has 4 N–H and O–H groups in total. The number of β-amino-alcohol motifs (C(OH)–C–C–N with tert-alkyl or cyclic N) is 1. The minimum atomic E-state index is -0.915. The fourth-order valence-electron chi connectivity index (χ4n) is 8.99. The van der Waals surface area contributed by atoms with E-state index < -0.39 is 41.5 Å². The van der Waals surface area contributed by atoms with E-state index in [0.29, 0.717) is 49.3 Å². The summed E-state index contributed by atoms with van der Waals surface area (Å²) in [7, 11) is 0. The number of thiazole rings is 1. The second kappa shape index (κ2) is 23.0. The van der Waals surface area contributed by atoms with Crippen molar-refractivity contribution < 1.29 is 38.5 Å². The molecular formula is C54H63N9O8S2. The number of hydrogen-bond donors (Lipinski definition) is 4. The van der Waals surface area contributed by atoms with Crippen LogP contribution in [0.25, 0.3) is 15.4 Å². The van der Waals surface area contributed by atoms with Crippen LogP contribution in [0.2, 0.25) is 0 Å². The standard InChI is InChI=1S/C54H63N9O8S2/c1-31-33(3)73-53-46(31)47(59-42(50-61-60-34(4)63(50)53)27-45(66)58-39-13-10-9-11-14-39)36-17-19-41(20-18-36)70-22-12-21-69-23-24-71-44-25-37(48-32(2)56-30-72-48)15-16-38(44)28-55-51(67)43-26-40(65)29-62(43)52(68)49(54(6,7)8)57-35(5)64/h9-11,13-20,25,30,40,42-43,49,65H,12,21-24,26-29H2,1-8H3,(H,55,67)(H,57,64)(H,58,66)/t40-,42+,43+,49?/m1/s1. The summed E-state index contributed by atoms with van der Waals surface area (Å²) in [6.45, 7) is 16.4. The Morgan fingerprint density at radius 3 is 2.37 bits per heavy atom. The number of para-hydroxylation sites is 1. The van der Waals surface area contributed by atoms with Gasteiger partial charge in [0.05, 0.1) is 47.5 Å². The Morgan fingerprint density at radius 1 is 0.904 bits per heavy atom. The second-order valence-corrected chi connectivity index (χ2v) is 21.5. The van der Waals surface area contributed by atoms with Crippen molar-refractivity contribution in [3.8, 4) is 26.9 Å². The molecule has 4 amide bonds. The second-order valence-electron chi connectivity index (χ2n) is 19.4. The number of carbonyl (C=O) groups is 4. The summed E-state index contributed by atoms with van der Waals surface area (Å²) in [6.07, 6.45) is -0.0895. The van der Waals surface area contributed by atoms with E-state index in [-0.39, 0.29) is 44.4 Å². The van der Waals surface area contributed by atoms with Crippen LogP contribution in [0.15, 0.2) is 83.3 Å². The molecule has 384 valence electrons. The maximum Gasteiger partial charge on any atom is 0.246 e. The molecule has 73 heavy (non-hydrogen) atoms. The van der Waals surface area contributed by atoms with E-state index in [1.54, 1.807) is 16.8 Å². The van der Waals surface area contributed by atoms with Gasteiger partial charge in [-0.15, -0.1) is 32.9 Å². The predicted molar refractivity (Wildman–Crippen MR) is 282 cm³/mol. The van der Waals surface area contributed by atoms with Gasteiger partial charge in [-0.25, -0.2) is 4.98 Å². The highest BCUT2D eigenvalue weighted by Gasteiger charge is 2.44. The van der Waals surface area contributed by atoms with E-state index in [4.69, 9.17) is 19.2 Å². The zero-order chi connectivity index (χ0) is 52.0. The molecule has 2 aliphatic rings. The number of carbonyl (C=O) groups excluding carboxylic acids is 4. The molecule has 4 atom stereocenters. The van der Waals surface area contributed by atoms with Crippen LogP contribution in [0, 0.1) is 33.1 Å². The molecule has 1 unspecified atom stereocenters. The van der Waals surface area contributed by atoms with Crippen LogP contribution < -0.4 is 25.4 Å². The van der Waals surface area contributed by atoms with Gasteiger partial charge < -0.3 is 40.2 Å². The first kappa shape index (κ1) is 52.5. The fraction of sp³-hybridized carbons (Fsp3) is 0.407. The summed E-state index contributed by atoms with van der Waals surface area (Å²) in [5.74, 6) is 1.25. The van der Waals surface area contributed by atoms with Crippen LogP contribution in [0.1, 0.15) is 97.5 Å². The van der Waals surface area contributed by atoms with Crippen LogP contribution >= 0.6 is 22.7 Å². The number of rotatable bonds is 19. The summed E-state index contributed by atoms with van der Waals surface area (Å²) in [5, 5.41) is 29.2. The monoisotopic (exact) mass is 1030 g/mol. The lowest BCUT2D eigenvalue weighted by Crippen LogP contribution is -2.57. The van der Waals surface area contributed by atoms with Crippen molar-refractivity contribution in [2.45, 2.75) is 105 Å². The highest BCUT2D eigenvalue weighted by molar-refractivity contribution is 7.15. The molecule has 2 aliphatic heterocycles. The SMILES string of the molecule is CC(=O)NC(C(=O)N1C[C@H](O)C[C@H]1C(=O)NCc1ccc(-c2scnc2C)cc1OCCOCCCOc1ccc(C2=N[C@@H](CC(=O)Nc3ccccc3)c3nnc(C)n3-c3sc(C)c(C)c32)cc1)C(C)(C)C. The van der Waals surface area contributed by atoms with Gasteiger partial charge in [-0.3, -0.25) is 28.7 Å². The molecule has 0 spiro atoms. The molecule has 1 saturated heterocycles. The maximum absolute atomic E-state index is 13.8. The van der Waals surface area contributed by atoms with Crippen molar-refractivity contribution >= 4 is 57.7 Å². The Hall–Kier alpha value is -6.80. The normalized spacial score (nSPS) is 16.7. The summed E-state index contributed by atoms with van der Waals surface area (Å²) in [6, 6.07) is 20.6. The van der Waals surface area contributed by atoms with Gasteiger partial charge >= 0.3 is 0 Å². The quantitative estimate of drug-likeness (QED) is 0.0581. The van der Waals surface area contributed by atoms with Crippen LogP contribution in [0.3, 0.4) is 0 Å². The molecular weight excluding hydrogens is 967 g/mol. The third-order valence-corrected chi connectivity index (χ3v) is 15.0. The van der Waals surface area contributed by atoms with E-state index in [2.05, 4.69) is 45.0 Å². The van der Waals surface area contributed by atoms with E-state index in [0.717, 1.165) is 59.8 Å². The summed E-state index contributed by atoms with van der Waals surface area (Å²) in [4.78, 5) is 66.1. The van der Waals surface area contributed by atoms with Crippen LogP contribution in [-0.2, 0) is 30.5 Å². The van der Waals surface area contributed by atoms with Gasteiger partial charge in [0, 0.05) is 66.7 Å². The lowest BCUT2D eigenvalue weighted by atomic mass is 9.85. The molecule has 0 aliphatic carbocycles. The van der Waals surface area contributed by atoms with Crippen LogP contribution in [0.4, 0.5) is 5.69 Å². The van der Waals surface area contributed by atoms with Gasteiger partial charge in [0.2, 0.25) is 23.6 Å². The average molecular weight is 1030 g/mol. The van der Waals surface area contributed by atoms with E-state index in [1.165, 1.54) is 23.2 Å². The Bertz CT molecular complexity index is 2980. The molecule has 0 saturated carbocycles. The molecule has 19 heteroatoms. The Morgan fingerprint density at radius 2 is 1.66 bits per heavy atom. The van der Waals surface area contributed by atoms with E-state index in [9.17, 15) is 24.3 Å². The molecule has 17 nitrogen and oxygen atoms in total. The highest BCUT2D eigenvalue weighted by atomic mass is 32.1. The Labute approximate surface area is 433 Å². The molecule has 0 radical (unpaired) electrons. The smallest absolute Gasteiger partial charge is 0.246 e. The molecule has 0 bridgehead atoms. The van der Waals surface area contributed by atoms with Gasteiger partial charge in [-0.1, -0.05) is 51.1 Å². The number of aliphatic hydroxyl groups is 1. The Balaban J connectivity index is 0.860. The molecule has 3 aromatic carbocycles. The number of anilines is 1. The lowest BCUT2D eigenvalue weighted by Gasteiger charge is -2.35. The number of amides is 4. The van der Waals surface area contributed by atoms with Crippen molar-refractivity contribution in [2.75, 3.05) is 38.3 Å². The lowest BCUT2D eigenvalue weighted by molar-refractivity contribution is -0.143. The number of thiophene rings is 1. The van der Waals surface area contributed by atoms with Gasteiger partial charge in [0.25, 0.3) is 0 Å². The van der Waals surface area contributed by atoms with Crippen molar-refractivity contribution in [3.63, 3.8) is 0 Å². The maximum atomic E-state index is 13.8. The first-order valence-electron chi connectivity index (χ1n) is 24.4. The number of ether oxygens (including phenoxy) is 3. The number of nitrogens with zero attached hydrogens (tertiary/aromatic N) is 6. The van der Waals surface area contributed by atoms with E-state index >= 15 is 0 Å². The number of aliphatic hydroxyl groups excluding tert-OH is 1. The number of likely N-dealkylation sites (tertiary alicyclic amines) is 1.